The van der Waals surface area contributed by atoms with Crippen LogP contribution in [0.25, 0.3) is 44.4 Å². The lowest BCUT2D eigenvalue weighted by atomic mass is 9.94. The number of para-hydroxylation sites is 1. The number of hydrogen-bond donors (Lipinski definition) is 0. The summed E-state index contributed by atoms with van der Waals surface area (Å²) < 4.78 is 48.3. The van der Waals surface area contributed by atoms with Gasteiger partial charge >= 0.3 is 5.97 Å². The second-order valence-electron chi connectivity index (χ2n) is 9.91. The first-order valence-electron chi connectivity index (χ1n) is 13.5. The number of pyridine rings is 1. The van der Waals surface area contributed by atoms with Crippen molar-refractivity contribution in [3.05, 3.63) is 131 Å². The van der Waals surface area contributed by atoms with Gasteiger partial charge in [0, 0.05) is 55.5 Å². The number of carbonyl (C=O) groups excluding carboxylic acids is 1. The van der Waals surface area contributed by atoms with Crippen LogP contribution in [0.2, 0.25) is 5.02 Å². The normalized spacial score (nSPS) is 11.1. The van der Waals surface area contributed by atoms with Crippen LogP contribution in [0, 0.1) is 17.1 Å². The molecule has 222 valence electrons. The maximum absolute atomic E-state index is 15.0. The summed E-state index contributed by atoms with van der Waals surface area (Å²) in [6.07, 6.45) is 0.600. The van der Waals surface area contributed by atoms with E-state index < -0.39 is 18.2 Å². The molecule has 6 rings (SSSR count). The molecular weight excluding hydrogens is 619 g/mol. The highest BCUT2D eigenvalue weighted by Gasteiger charge is 2.24. The van der Waals surface area contributed by atoms with E-state index in [0.717, 1.165) is 23.6 Å². The van der Waals surface area contributed by atoms with Crippen LogP contribution in [-0.4, -0.2) is 22.0 Å². The fourth-order valence-electron chi connectivity index (χ4n) is 5.18. The number of fused-ring (bicyclic) bond motifs is 1. The maximum atomic E-state index is 15.0. The molecule has 0 amide bonds. The van der Waals surface area contributed by atoms with Crippen molar-refractivity contribution in [3.8, 4) is 39.6 Å². The number of nitrogens with zero attached hydrogens (tertiary/aromatic N) is 3. The molecule has 4 aromatic carbocycles. The van der Waals surface area contributed by atoms with Crippen molar-refractivity contribution in [2.75, 3.05) is 7.11 Å². The molecular formula is C35H21ClF3N3O2S. The van der Waals surface area contributed by atoms with Crippen molar-refractivity contribution >= 4 is 40.4 Å². The van der Waals surface area contributed by atoms with E-state index in [0.29, 0.717) is 38.4 Å². The Labute approximate surface area is 265 Å². The van der Waals surface area contributed by atoms with Crippen molar-refractivity contribution in [2.24, 2.45) is 0 Å². The average molecular weight is 640 g/mol. The quantitative estimate of drug-likeness (QED) is 0.163. The Morgan fingerprint density at radius 2 is 1.73 bits per heavy atom. The molecule has 0 fully saturated rings. The van der Waals surface area contributed by atoms with Gasteiger partial charge in [-0.1, -0.05) is 60.1 Å². The van der Waals surface area contributed by atoms with E-state index in [1.807, 2.05) is 40.4 Å². The average Bonchev–Trinajstić information content (AvgIpc) is 3.39. The molecule has 0 atom stereocenters. The zero-order valence-corrected chi connectivity index (χ0v) is 25.0. The number of benzene rings is 4. The molecule has 0 aliphatic rings. The topological polar surface area (TPSA) is 67.9 Å². The predicted octanol–water partition coefficient (Wildman–Crippen LogP) is 9.98. The molecule has 0 aliphatic carbocycles. The third kappa shape index (κ3) is 5.66. The van der Waals surface area contributed by atoms with Crippen LogP contribution < -0.4 is 0 Å². The lowest BCUT2D eigenvalue weighted by molar-refractivity contribution is 0.0595. The number of methoxy groups -OCH3 is 1. The summed E-state index contributed by atoms with van der Waals surface area (Å²) in [4.78, 5) is 17.1. The summed E-state index contributed by atoms with van der Waals surface area (Å²) in [5.41, 5.74) is 4.56. The van der Waals surface area contributed by atoms with E-state index in [-0.39, 0.29) is 16.1 Å². The number of esters is 1. The molecule has 0 radical (unpaired) electrons. The monoisotopic (exact) mass is 639 g/mol. The lowest BCUT2D eigenvalue weighted by Crippen LogP contribution is -2.04. The number of hydrogen-bond acceptors (Lipinski definition) is 5. The smallest absolute Gasteiger partial charge is 0.340 e. The first-order chi connectivity index (χ1) is 21.8. The van der Waals surface area contributed by atoms with Gasteiger partial charge in [-0.2, -0.15) is 5.26 Å². The van der Waals surface area contributed by atoms with Crippen molar-refractivity contribution in [1.29, 1.82) is 5.26 Å². The molecule has 6 aromatic rings. The minimum absolute atomic E-state index is 0.0818. The summed E-state index contributed by atoms with van der Waals surface area (Å²) in [5, 5.41) is 11.0. The van der Waals surface area contributed by atoms with Gasteiger partial charge in [-0.05, 0) is 60.0 Å². The number of halogens is 4. The van der Waals surface area contributed by atoms with Gasteiger partial charge in [-0.25, -0.2) is 18.0 Å². The van der Waals surface area contributed by atoms with Crippen LogP contribution in [0.5, 0.6) is 0 Å². The van der Waals surface area contributed by atoms with E-state index in [1.54, 1.807) is 42.7 Å². The number of alkyl halides is 2. The Balaban J connectivity index is 1.61. The van der Waals surface area contributed by atoms with Gasteiger partial charge in [0.1, 0.15) is 5.82 Å². The molecule has 2 heterocycles. The highest BCUT2D eigenvalue weighted by Crippen LogP contribution is 2.46. The molecule has 0 bridgehead atoms. The number of carbonyl (C=O) groups is 1. The molecule has 0 N–H and O–H groups in total. The standard InChI is InChI=1S/C35H21ClF3N3O2S/c1-44-35(43)27-16-29(36)26(17-30(27)37)21-5-4-6-22(15-21)33-32(28-19-41-14-13-23(28)18-40)25-7-2-3-8-31(25)42(33)45-24-11-9-20(10-12-24)34(38)39/h2-17,19,34H,1H3. The second-order valence-corrected chi connectivity index (χ2v) is 11.3. The van der Waals surface area contributed by atoms with Gasteiger partial charge in [0.2, 0.25) is 0 Å². The predicted molar refractivity (Wildman–Crippen MR) is 170 cm³/mol. The molecule has 0 aliphatic heterocycles. The summed E-state index contributed by atoms with van der Waals surface area (Å²) in [6.45, 7) is 0. The van der Waals surface area contributed by atoms with Crippen LogP contribution in [-0.2, 0) is 4.74 Å². The van der Waals surface area contributed by atoms with Gasteiger partial charge in [0.25, 0.3) is 6.43 Å². The molecule has 0 spiro atoms. The first kappa shape index (κ1) is 30.0. The fraction of sp³-hybridized carbons (Fsp3) is 0.0571. The minimum atomic E-state index is -2.59. The van der Waals surface area contributed by atoms with Gasteiger partial charge in [0.05, 0.1) is 35.5 Å². The van der Waals surface area contributed by atoms with E-state index in [9.17, 15) is 18.8 Å². The molecule has 0 saturated heterocycles. The number of rotatable bonds is 7. The summed E-state index contributed by atoms with van der Waals surface area (Å²) in [7, 11) is 1.16. The summed E-state index contributed by atoms with van der Waals surface area (Å²) in [5.74, 6) is -1.62. The number of nitriles is 1. The molecule has 5 nitrogen and oxygen atoms in total. The highest BCUT2D eigenvalue weighted by molar-refractivity contribution is 7.98. The van der Waals surface area contributed by atoms with Crippen molar-refractivity contribution in [3.63, 3.8) is 0 Å². The molecule has 45 heavy (non-hydrogen) atoms. The summed E-state index contributed by atoms with van der Waals surface area (Å²) in [6, 6.07) is 27.4. The Morgan fingerprint density at radius 1 is 0.978 bits per heavy atom. The molecule has 0 saturated carbocycles. The molecule has 2 aromatic heterocycles. The zero-order valence-electron chi connectivity index (χ0n) is 23.5. The van der Waals surface area contributed by atoms with Crippen molar-refractivity contribution < 1.29 is 22.7 Å². The lowest BCUT2D eigenvalue weighted by Gasteiger charge is -2.15. The Kier molecular flexibility index (Phi) is 8.35. The van der Waals surface area contributed by atoms with Gasteiger partial charge in [0.15, 0.2) is 0 Å². The van der Waals surface area contributed by atoms with E-state index >= 15 is 4.39 Å². The largest absolute Gasteiger partial charge is 0.465 e. The fourth-order valence-corrected chi connectivity index (χ4v) is 6.47. The Hall–Kier alpha value is -5.04. The van der Waals surface area contributed by atoms with E-state index in [1.165, 1.54) is 36.2 Å². The van der Waals surface area contributed by atoms with Crippen LogP contribution >= 0.6 is 23.5 Å². The van der Waals surface area contributed by atoms with Gasteiger partial charge in [-0.3, -0.25) is 8.96 Å². The summed E-state index contributed by atoms with van der Waals surface area (Å²) >= 11 is 7.89. The van der Waals surface area contributed by atoms with Crippen molar-refractivity contribution in [2.45, 2.75) is 11.3 Å². The van der Waals surface area contributed by atoms with Gasteiger partial charge < -0.3 is 4.74 Å². The van der Waals surface area contributed by atoms with E-state index in [4.69, 9.17) is 11.6 Å². The highest BCUT2D eigenvalue weighted by atomic mass is 35.5. The zero-order chi connectivity index (χ0) is 31.7. The van der Waals surface area contributed by atoms with Crippen LogP contribution in [0.4, 0.5) is 13.2 Å². The minimum Gasteiger partial charge on any atom is -0.465 e. The SMILES string of the molecule is COC(=O)c1cc(Cl)c(-c2cccc(-c3c(-c4cnccc4C#N)c4ccccc4n3Sc3ccc(C(F)F)cc3)c2)cc1F. The van der Waals surface area contributed by atoms with Crippen LogP contribution in [0.15, 0.2) is 108 Å². The van der Waals surface area contributed by atoms with Crippen LogP contribution in [0.3, 0.4) is 0 Å². The van der Waals surface area contributed by atoms with E-state index in [2.05, 4.69) is 15.8 Å². The van der Waals surface area contributed by atoms with Gasteiger partial charge in [-0.15, -0.1) is 0 Å². The molecule has 10 heteroatoms. The Bertz CT molecular complexity index is 2120. The van der Waals surface area contributed by atoms with Crippen LogP contribution in [0.1, 0.15) is 27.9 Å². The van der Waals surface area contributed by atoms with Crippen molar-refractivity contribution in [1.82, 2.24) is 8.96 Å². The third-order valence-corrected chi connectivity index (χ3v) is 8.64. The molecule has 0 unspecified atom stereocenters. The first-order valence-corrected chi connectivity index (χ1v) is 14.7. The number of aromatic nitrogens is 2. The number of ether oxygens (including phenoxy) is 1. The maximum Gasteiger partial charge on any atom is 0.340 e. The second kappa shape index (κ2) is 12.5. The third-order valence-electron chi connectivity index (χ3n) is 7.28. The Morgan fingerprint density at radius 3 is 2.47 bits per heavy atom.